The highest BCUT2D eigenvalue weighted by Gasteiger charge is 2.27. The maximum absolute atomic E-state index is 9.58. The van der Waals surface area contributed by atoms with Crippen LogP contribution in [0.5, 0.6) is 5.75 Å². The molecule has 1 aromatic heterocycles. The Morgan fingerprint density at radius 3 is 2.96 bits per heavy atom. The smallest absolute Gasteiger partial charge is 0.124 e. The molecule has 2 aromatic rings. The topological polar surface area (TPSA) is 58.5 Å². The third kappa shape index (κ3) is 3.74. The lowest BCUT2D eigenvalue weighted by Crippen LogP contribution is -2.23. The van der Waals surface area contributed by atoms with Gasteiger partial charge in [-0.1, -0.05) is 6.07 Å². The zero-order valence-electron chi connectivity index (χ0n) is 14.4. The molecule has 0 spiro atoms. The van der Waals surface area contributed by atoms with Crippen molar-refractivity contribution in [2.45, 2.75) is 45.9 Å². The van der Waals surface area contributed by atoms with E-state index in [1.807, 2.05) is 32.2 Å². The second-order valence-electron chi connectivity index (χ2n) is 6.25. The van der Waals surface area contributed by atoms with Gasteiger partial charge in [0.15, 0.2) is 0 Å². The number of aliphatic hydroxyl groups is 1. The van der Waals surface area contributed by atoms with Crippen LogP contribution in [-0.2, 0) is 13.2 Å². The van der Waals surface area contributed by atoms with E-state index in [0.29, 0.717) is 12.6 Å². The summed E-state index contributed by atoms with van der Waals surface area (Å²) in [7, 11) is 0. The number of nitrogens with zero attached hydrogens (tertiary/aromatic N) is 3. The minimum absolute atomic E-state index is 0.00401. The van der Waals surface area contributed by atoms with E-state index in [2.05, 4.69) is 20.9 Å². The van der Waals surface area contributed by atoms with E-state index in [1.54, 1.807) is 6.20 Å². The number of hydrogen-bond donors (Lipinski definition) is 1. The fourth-order valence-corrected chi connectivity index (χ4v) is 3.38. The lowest BCUT2D eigenvalue weighted by atomic mass is 10.1. The molecule has 24 heavy (non-hydrogen) atoms. The van der Waals surface area contributed by atoms with Gasteiger partial charge in [0.1, 0.15) is 5.75 Å². The normalized spacial score (nSPS) is 18.0. The largest absolute Gasteiger partial charge is 0.494 e. The summed E-state index contributed by atoms with van der Waals surface area (Å²) in [5, 5.41) is 9.58. The number of benzene rings is 1. The molecule has 2 heterocycles. The molecule has 0 aliphatic carbocycles. The predicted octanol–water partition coefficient (Wildman–Crippen LogP) is 3.01. The van der Waals surface area contributed by atoms with Gasteiger partial charge in [-0.2, -0.15) is 0 Å². The number of aryl methyl sites for hydroxylation is 1. The Hall–Kier alpha value is -1.98. The number of ether oxygens (including phenoxy) is 1. The summed E-state index contributed by atoms with van der Waals surface area (Å²) >= 11 is 0. The molecule has 1 atom stereocenters. The quantitative estimate of drug-likeness (QED) is 0.884. The van der Waals surface area contributed by atoms with Crippen LogP contribution < -0.4 is 4.74 Å². The van der Waals surface area contributed by atoms with Crippen LogP contribution in [0.25, 0.3) is 0 Å². The van der Waals surface area contributed by atoms with Crippen molar-refractivity contribution in [2.24, 2.45) is 0 Å². The molecule has 1 aliphatic rings. The summed E-state index contributed by atoms with van der Waals surface area (Å²) in [4.78, 5) is 11.4. The van der Waals surface area contributed by atoms with Crippen LogP contribution in [0.3, 0.4) is 0 Å². The summed E-state index contributed by atoms with van der Waals surface area (Å²) < 4.78 is 5.56. The molecule has 128 valence electrons. The van der Waals surface area contributed by atoms with Crippen molar-refractivity contribution < 1.29 is 9.84 Å². The van der Waals surface area contributed by atoms with Gasteiger partial charge in [-0.15, -0.1) is 0 Å². The highest BCUT2D eigenvalue weighted by Crippen LogP contribution is 2.32. The predicted molar refractivity (Wildman–Crippen MR) is 92.7 cm³/mol. The van der Waals surface area contributed by atoms with Crippen molar-refractivity contribution in [2.75, 3.05) is 13.2 Å². The monoisotopic (exact) mass is 327 g/mol. The Bertz CT molecular complexity index is 690. The van der Waals surface area contributed by atoms with Gasteiger partial charge >= 0.3 is 0 Å². The summed E-state index contributed by atoms with van der Waals surface area (Å²) in [6.45, 7) is 6.44. The van der Waals surface area contributed by atoms with E-state index in [0.717, 1.165) is 42.2 Å². The molecule has 0 amide bonds. The SMILES string of the molecule is CCOc1ccc(CN2CCC[C@H]2c2cncc(C)n2)cc1CO. The molecule has 0 unspecified atom stereocenters. The molecule has 1 aliphatic heterocycles. The van der Waals surface area contributed by atoms with E-state index >= 15 is 0 Å². The summed E-state index contributed by atoms with van der Waals surface area (Å²) in [6.07, 6.45) is 5.96. The first kappa shape index (κ1) is 16.9. The van der Waals surface area contributed by atoms with Crippen LogP contribution in [0.1, 0.15) is 48.3 Å². The summed E-state index contributed by atoms with van der Waals surface area (Å²) in [5.74, 6) is 0.770. The maximum Gasteiger partial charge on any atom is 0.124 e. The first-order valence-electron chi connectivity index (χ1n) is 8.59. The van der Waals surface area contributed by atoms with Gasteiger partial charge in [-0.3, -0.25) is 14.9 Å². The van der Waals surface area contributed by atoms with Crippen molar-refractivity contribution in [3.05, 3.63) is 53.1 Å². The van der Waals surface area contributed by atoms with E-state index in [9.17, 15) is 5.11 Å². The molecule has 5 nitrogen and oxygen atoms in total. The molecule has 1 fully saturated rings. The highest BCUT2D eigenvalue weighted by molar-refractivity contribution is 5.37. The summed E-state index contributed by atoms with van der Waals surface area (Å²) in [6, 6.07) is 6.41. The number of aliphatic hydroxyl groups excluding tert-OH is 1. The molecule has 3 rings (SSSR count). The van der Waals surface area contributed by atoms with Crippen LogP contribution in [0, 0.1) is 6.92 Å². The molecular weight excluding hydrogens is 302 g/mol. The fraction of sp³-hybridized carbons (Fsp3) is 0.474. The standard InChI is InChI=1S/C19H25N3O2/c1-3-24-19-7-6-15(9-16(19)13-23)12-22-8-4-5-18(22)17-11-20-10-14(2)21-17/h6-7,9-11,18,23H,3-5,8,12-13H2,1-2H3/t18-/m0/s1. The second-order valence-corrected chi connectivity index (χ2v) is 6.25. The maximum atomic E-state index is 9.58. The van der Waals surface area contributed by atoms with Gasteiger partial charge in [0.05, 0.1) is 30.6 Å². The molecular formula is C19H25N3O2. The Labute approximate surface area is 143 Å². The molecule has 1 N–H and O–H groups in total. The minimum atomic E-state index is -0.00401. The Kier molecular flexibility index (Phi) is 5.43. The van der Waals surface area contributed by atoms with Gasteiger partial charge in [-0.25, -0.2) is 0 Å². The third-order valence-electron chi connectivity index (χ3n) is 4.46. The molecule has 0 bridgehead atoms. The van der Waals surface area contributed by atoms with Crippen LogP contribution in [-0.4, -0.2) is 33.1 Å². The lowest BCUT2D eigenvalue weighted by Gasteiger charge is -2.24. The summed E-state index contributed by atoms with van der Waals surface area (Å²) in [5.41, 5.74) is 4.05. The van der Waals surface area contributed by atoms with E-state index in [-0.39, 0.29) is 6.61 Å². The number of likely N-dealkylation sites (tertiary alicyclic amines) is 1. The van der Waals surface area contributed by atoms with Gasteiger partial charge in [-0.05, 0) is 50.9 Å². The average molecular weight is 327 g/mol. The molecule has 1 saturated heterocycles. The van der Waals surface area contributed by atoms with Crippen molar-refractivity contribution >= 4 is 0 Å². The second kappa shape index (κ2) is 7.73. The van der Waals surface area contributed by atoms with E-state index in [4.69, 9.17) is 4.74 Å². The van der Waals surface area contributed by atoms with Gasteiger partial charge < -0.3 is 9.84 Å². The number of rotatable bonds is 6. The minimum Gasteiger partial charge on any atom is -0.494 e. The first-order valence-corrected chi connectivity index (χ1v) is 8.59. The zero-order valence-corrected chi connectivity index (χ0v) is 14.4. The fourth-order valence-electron chi connectivity index (χ4n) is 3.38. The van der Waals surface area contributed by atoms with Gasteiger partial charge in [0, 0.05) is 24.5 Å². The zero-order chi connectivity index (χ0) is 16.9. The average Bonchev–Trinajstić information content (AvgIpc) is 3.04. The Balaban J connectivity index is 1.77. The van der Waals surface area contributed by atoms with Gasteiger partial charge in [0.2, 0.25) is 0 Å². The molecule has 0 radical (unpaired) electrons. The number of hydrogen-bond acceptors (Lipinski definition) is 5. The van der Waals surface area contributed by atoms with Gasteiger partial charge in [0.25, 0.3) is 0 Å². The van der Waals surface area contributed by atoms with Crippen LogP contribution in [0.4, 0.5) is 0 Å². The van der Waals surface area contributed by atoms with E-state index in [1.165, 1.54) is 12.0 Å². The van der Waals surface area contributed by atoms with Crippen molar-refractivity contribution in [1.29, 1.82) is 0 Å². The first-order chi connectivity index (χ1) is 11.7. The van der Waals surface area contributed by atoms with Crippen LogP contribution in [0.15, 0.2) is 30.6 Å². The van der Waals surface area contributed by atoms with Crippen molar-refractivity contribution in [3.8, 4) is 5.75 Å². The molecule has 5 heteroatoms. The van der Waals surface area contributed by atoms with Crippen LogP contribution in [0.2, 0.25) is 0 Å². The van der Waals surface area contributed by atoms with Crippen molar-refractivity contribution in [1.82, 2.24) is 14.9 Å². The molecule has 1 aromatic carbocycles. The highest BCUT2D eigenvalue weighted by atomic mass is 16.5. The number of aromatic nitrogens is 2. The van der Waals surface area contributed by atoms with Crippen molar-refractivity contribution in [3.63, 3.8) is 0 Å². The lowest BCUT2D eigenvalue weighted by molar-refractivity contribution is 0.242. The van der Waals surface area contributed by atoms with Crippen LogP contribution >= 0.6 is 0 Å². The Morgan fingerprint density at radius 1 is 1.33 bits per heavy atom. The Morgan fingerprint density at radius 2 is 2.21 bits per heavy atom. The molecule has 0 saturated carbocycles. The van der Waals surface area contributed by atoms with E-state index < -0.39 is 0 Å². The third-order valence-corrected chi connectivity index (χ3v) is 4.46.